The van der Waals surface area contributed by atoms with Crippen LogP contribution in [0.3, 0.4) is 0 Å². The molecule has 1 aliphatic heterocycles. The predicted octanol–water partition coefficient (Wildman–Crippen LogP) is 3.30. The molecule has 0 unspecified atom stereocenters. The first-order valence-corrected chi connectivity index (χ1v) is 13.1. The highest BCUT2D eigenvalue weighted by atomic mass is 32.2. The molecule has 1 saturated heterocycles. The molecular formula is C20H28N4O3S3. The van der Waals surface area contributed by atoms with E-state index in [4.69, 9.17) is 17.0 Å². The van der Waals surface area contributed by atoms with E-state index in [0.717, 1.165) is 19.3 Å². The minimum Gasteiger partial charge on any atom is -0.466 e. The van der Waals surface area contributed by atoms with Crippen molar-refractivity contribution in [1.29, 1.82) is 0 Å². The van der Waals surface area contributed by atoms with Crippen LogP contribution in [0.25, 0.3) is 0 Å². The van der Waals surface area contributed by atoms with E-state index < -0.39 is 10.0 Å². The van der Waals surface area contributed by atoms with Crippen molar-refractivity contribution in [3.05, 3.63) is 33.3 Å². The van der Waals surface area contributed by atoms with Gasteiger partial charge in [0.1, 0.15) is 0 Å². The molecule has 1 aromatic carbocycles. The second-order valence-corrected chi connectivity index (χ2v) is 11.6. The van der Waals surface area contributed by atoms with E-state index in [1.54, 1.807) is 15.1 Å². The molecule has 0 N–H and O–H groups in total. The van der Waals surface area contributed by atoms with Gasteiger partial charge in [-0.3, -0.25) is 4.90 Å². The maximum absolute atomic E-state index is 13.2. The summed E-state index contributed by atoms with van der Waals surface area (Å²) >= 11 is 6.75. The number of piperazine rings is 1. The topological polar surface area (TPSA) is 67.7 Å². The van der Waals surface area contributed by atoms with E-state index in [1.165, 1.54) is 28.9 Å². The van der Waals surface area contributed by atoms with Crippen LogP contribution >= 0.6 is 23.6 Å². The number of aromatic nitrogens is 2. The van der Waals surface area contributed by atoms with Crippen molar-refractivity contribution in [2.45, 2.75) is 57.2 Å². The number of aryl methyl sites for hydroxylation is 2. The van der Waals surface area contributed by atoms with Crippen molar-refractivity contribution >= 4 is 33.6 Å². The zero-order chi connectivity index (χ0) is 21.3. The summed E-state index contributed by atoms with van der Waals surface area (Å²) in [6.07, 6.45) is 4.41. The highest BCUT2D eigenvalue weighted by molar-refractivity contribution is 7.89. The van der Waals surface area contributed by atoms with Gasteiger partial charge in [-0.1, -0.05) is 6.07 Å². The van der Waals surface area contributed by atoms with Gasteiger partial charge < -0.3 is 4.74 Å². The highest BCUT2D eigenvalue weighted by Gasteiger charge is 2.29. The largest absolute Gasteiger partial charge is 0.466 e. The number of hydrogen-bond acceptors (Lipinski definition) is 7. The van der Waals surface area contributed by atoms with E-state index >= 15 is 0 Å². The van der Waals surface area contributed by atoms with Crippen LogP contribution in [0, 0.1) is 3.95 Å². The number of benzene rings is 1. The Morgan fingerprint density at radius 3 is 2.53 bits per heavy atom. The summed E-state index contributed by atoms with van der Waals surface area (Å²) in [5.74, 6) is 0. The molecular weight excluding hydrogens is 440 g/mol. The Hall–Kier alpha value is -1.33. The van der Waals surface area contributed by atoms with Crippen LogP contribution in [0.4, 0.5) is 0 Å². The summed E-state index contributed by atoms with van der Waals surface area (Å²) in [7, 11) is -3.46. The Labute approximate surface area is 187 Å². The highest BCUT2D eigenvalue weighted by Crippen LogP contribution is 2.26. The normalized spacial score (nSPS) is 18.5. The molecule has 1 aliphatic carbocycles. The lowest BCUT2D eigenvalue weighted by atomic mass is 9.92. The van der Waals surface area contributed by atoms with Gasteiger partial charge >= 0.3 is 0 Å². The third-order valence-corrected chi connectivity index (χ3v) is 8.64. The van der Waals surface area contributed by atoms with E-state index in [0.29, 0.717) is 46.9 Å². The van der Waals surface area contributed by atoms with Gasteiger partial charge in [-0.2, -0.15) is 4.31 Å². The van der Waals surface area contributed by atoms with Crippen molar-refractivity contribution in [1.82, 2.24) is 19.0 Å². The van der Waals surface area contributed by atoms with Crippen LogP contribution in [0.5, 0.6) is 5.19 Å². The molecule has 2 aromatic rings. The first-order chi connectivity index (χ1) is 14.3. The van der Waals surface area contributed by atoms with Crippen LogP contribution in [0.2, 0.25) is 0 Å². The van der Waals surface area contributed by atoms with Crippen LogP contribution in [-0.2, 0) is 29.5 Å². The lowest BCUT2D eigenvalue weighted by Crippen LogP contribution is -2.48. The zero-order valence-corrected chi connectivity index (χ0v) is 19.9. The zero-order valence-electron chi connectivity index (χ0n) is 17.4. The van der Waals surface area contributed by atoms with Crippen LogP contribution in [-0.4, -0.2) is 59.7 Å². The van der Waals surface area contributed by atoms with E-state index in [2.05, 4.69) is 10.00 Å². The number of rotatable bonds is 6. The summed E-state index contributed by atoms with van der Waals surface area (Å²) in [5, 5.41) is 5.01. The van der Waals surface area contributed by atoms with Gasteiger partial charge in [0.25, 0.3) is 5.19 Å². The van der Waals surface area contributed by atoms with E-state index in [1.807, 2.05) is 26.0 Å². The Bertz CT molecular complexity index is 1050. The average molecular weight is 469 g/mol. The van der Waals surface area contributed by atoms with Crippen LogP contribution in [0.15, 0.2) is 23.1 Å². The standard InChI is InChI=1S/C20H28N4O3S3/c1-15(2)27-19-21-24(20(28)29-19)14-22-9-11-23(12-10-22)30(25,26)18-8-7-16-5-3-4-6-17(16)13-18/h7-8,13,15H,3-6,9-12,14H2,1-2H3. The monoisotopic (exact) mass is 468 g/mol. The second kappa shape index (κ2) is 9.04. The van der Waals surface area contributed by atoms with Gasteiger partial charge in [0.15, 0.2) is 3.95 Å². The molecule has 0 amide bonds. The molecule has 2 aliphatic rings. The Morgan fingerprint density at radius 2 is 1.83 bits per heavy atom. The second-order valence-electron chi connectivity index (χ2n) is 8.10. The quantitative estimate of drug-likeness (QED) is 0.606. The minimum absolute atomic E-state index is 0.0522. The third kappa shape index (κ3) is 4.77. The van der Waals surface area contributed by atoms with Crippen LogP contribution < -0.4 is 4.74 Å². The number of nitrogens with zero attached hydrogens (tertiary/aromatic N) is 4. The van der Waals surface area contributed by atoms with Crippen molar-refractivity contribution in [2.75, 3.05) is 26.2 Å². The molecule has 7 nitrogen and oxygen atoms in total. The summed E-state index contributed by atoms with van der Waals surface area (Å²) < 4.78 is 36.0. The maximum atomic E-state index is 13.2. The molecule has 164 valence electrons. The average Bonchev–Trinajstić information content (AvgIpc) is 3.06. The molecule has 0 spiro atoms. The predicted molar refractivity (Wildman–Crippen MR) is 120 cm³/mol. The van der Waals surface area contributed by atoms with Crippen LogP contribution in [0.1, 0.15) is 37.8 Å². The van der Waals surface area contributed by atoms with Gasteiger partial charge in [0, 0.05) is 26.2 Å². The van der Waals surface area contributed by atoms with Gasteiger partial charge in [-0.05, 0) is 86.3 Å². The lowest BCUT2D eigenvalue weighted by Gasteiger charge is -2.33. The molecule has 10 heteroatoms. The fourth-order valence-electron chi connectivity index (χ4n) is 3.95. The molecule has 4 rings (SSSR count). The molecule has 0 radical (unpaired) electrons. The molecule has 0 saturated carbocycles. The SMILES string of the molecule is CC(C)Oc1nn(CN2CCN(S(=O)(=O)c3ccc4c(c3)CCCC4)CC2)c(=S)s1. The van der Waals surface area contributed by atoms with Gasteiger partial charge in [-0.15, -0.1) is 5.10 Å². The fraction of sp³-hybridized carbons (Fsp3) is 0.600. The Kier molecular flexibility index (Phi) is 6.59. The molecule has 1 fully saturated rings. The Morgan fingerprint density at radius 1 is 1.13 bits per heavy atom. The summed E-state index contributed by atoms with van der Waals surface area (Å²) in [4.78, 5) is 2.60. The minimum atomic E-state index is -3.46. The summed E-state index contributed by atoms with van der Waals surface area (Å²) in [6.45, 7) is 6.67. The lowest BCUT2D eigenvalue weighted by molar-refractivity contribution is 0.142. The molecule has 0 bridgehead atoms. The molecule has 0 atom stereocenters. The number of fused-ring (bicyclic) bond motifs is 1. The van der Waals surface area contributed by atoms with Gasteiger partial charge in [0.2, 0.25) is 10.0 Å². The fourth-order valence-corrected chi connectivity index (χ4v) is 6.46. The first kappa shape index (κ1) is 21.9. The van der Waals surface area contributed by atoms with Gasteiger partial charge in [-0.25, -0.2) is 13.1 Å². The van der Waals surface area contributed by atoms with Gasteiger partial charge in [0.05, 0.1) is 17.7 Å². The number of hydrogen-bond donors (Lipinski definition) is 0. The Balaban J connectivity index is 1.39. The number of sulfonamides is 1. The number of ether oxygens (including phenoxy) is 1. The molecule has 2 heterocycles. The summed E-state index contributed by atoms with van der Waals surface area (Å²) in [5.41, 5.74) is 2.49. The first-order valence-electron chi connectivity index (χ1n) is 10.4. The van der Waals surface area contributed by atoms with E-state index in [9.17, 15) is 8.42 Å². The summed E-state index contributed by atoms with van der Waals surface area (Å²) in [6, 6.07) is 5.66. The molecule has 30 heavy (non-hydrogen) atoms. The maximum Gasteiger partial charge on any atom is 0.293 e. The third-order valence-electron chi connectivity index (χ3n) is 5.55. The van der Waals surface area contributed by atoms with Crippen molar-refractivity contribution in [3.8, 4) is 5.19 Å². The van der Waals surface area contributed by atoms with Crippen molar-refractivity contribution in [3.63, 3.8) is 0 Å². The van der Waals surface area contributed by atoms with E-state index in [-0.39, 0.29) is 6.10 Å². The molecule has 1 aromatic heterocycles. The van der Waals surface area contributed by atoms with Crippen molar-refractivity contribution < 1.29 is 13.2 Å². The van der Waals surface area contributed by atoms with Crippen molar-refractivity contribution in [2.24, 2.45) is 0 Å². The smallest absolute Gasteiger partial charge is 0.293 e.